The Morgan fingerprint density at radius 1 is 1.14 bits per heavy atom. The SMILES string of the molecule is O=[N+]([O-])c1ccccc1C=CC=NNc1ccc(Cl)c(Cl)c1. The van der Waals surface area contributed by atoms with E-state index >= 15 is 0 Å². The summed E-state index contributed by atoms with van der Waals surface area (Å²) < 4.78 is 0. The number of allylic oxidation sites excluding steroid dienone is 1. The Hall–Kier alpha value is -2.37. The molecule has 0 bridgehead atoms. The van der Waals surface area contributed by atoms with Crippen LogP contribution in [-0.2, 0) is 0 Å². The van der Waals surface area contributed by atoms with E-state index in [1.165, 1.54) is 12.3 Å². The third kappa shape index (κ3) is 4.31. The molecular weight excluding hydrogens is 325 g/mol. The van der Waals surface area contributed by atoms with E-state index < -0.39 is 4.92 Å². The number of nitrogens with one attached hydrogen (secondary N) is 1. The molecule has 0 saturated carbocycles. The number of hydrogen-bond acceptors (Lipinski definition) is 4. The van der Waals surface area contributed by atoms with Crippen molar-refractivity contribution in [3.63, 3.8) is 0 Å². The molecule has 22 heavy (non-hydrogen) atoms. The van der Waals surface area contributed by atoms with Crippen LogP contribution in [0.15, 0.2) is 53.6 Å². The van der Waals surface area contributed by atoms with E-state index in [-0.39, 0.29) is 5.69 Å². The summed E-state index contributed by atoms with van der Waals surface area (Å²) in [5, 5.41) is 15.7. The van der Waals surface area contributed by atoms with Gasteiger partial charge in [0.05, 0.1) is 26.2 Å². The van der Waals surface area contributed by atoms with E-state index in [2.05, 4.69) is 10.5 Å². The van der Waals surface area contributed by atoms with E-state index in [0.717, 1.165) is 0 Å². The Balaban J connectivity index is 2.00. The Bertz CT molecular complexity index is 745. The van der Waals surface area contributed by atoms with Crippen LogP contribution in [0, 0.1) is 10.1 Å². The summed E-state index contributed by atoms with van der Waals surface area (Å²) in [5.74, 6) is 0. The van der Waals surface area contributed by atoms with Gasteiger partial charge in [-0.2, -0.15) is 5.10 Å². The topological polar surface area (TPSA) is 67.5 Å². The number of hydrazone groups is 1. The molecule has 0 radical (unpaired) electrons. The quantitative estimate of drug-likeness (QED) is 0.474. The number of nitro groups is 1. The van der Waals surface area contributed by atoms with Crippen molar-refractivity contribution >= 4 is 46.9 Å². The molecule has 7 heteroatoms. The van der Waals surface area contributed by atoms with Gasteiger partial charge in [-0.15, -0.1) is 0 Å². The number of benzene rings is 2. The predicted octanol–water partition coefficient (Wildman–Crippen LogP) is 5.01. The summed E-state index contributed by atoms with van der Waals surface area (Å²) in [4.78, 5) is 10.4. The van der Waals surface area contributed by atoms with Crippen LogP contribution in [0.3, 0.4) is 0 Å². The third-order valence-electron chi connectivity index (χ3n) is 2.68. The van der Waals surface area contributed by atoms with Gasteiger partial charge in [0.15, 0.2) is 0 Å². The van der Waals surface area contributed by atoms with E-state index in [1.54, 1.807) is 48.6 Å². The van der Waals surface area contributed by atoms with Gasteiger partial charge in [-0.05, 0) is 36.4 Å². The second-order valence-electron chi connectivity index (χ2n) is 4.19. The number of halogens is 2. The summed E-state index contributed by atoms with van der Waals surface area (Å²) >= 11 is 11.7. The van der Waals surface area contributed by atoms with Crippen LogP contribution in [0.25, 0.3) is 6.08 Å². The molecule has 0 aliphatic rings. The smallest absolute Gasteiger partial charge is 0.276 e. The van der Waals surface area contributed by atoms with Crippen molar-refractivity contribution in [3.8, 4) is 0 Å². The first-order valence-corrected chi connectivity index (χ1v) is 6.98. The average molecular weight is 336 g/mol. The van der Waals surface area contributed by atoms with Crippen molar-refractivity contribution in [3.05, 3.63) is 74.3 Å². The Morgan fingerprint density at radius 2 is 1.91 bits per heavy atom. The van der Waals surface area contributed by atoms with E-state index in [1.807, 2.05) is 0 Å². The maximum atomic E-state index is 10.9. The van der Waals surface area contributed by atoms with Gasteiger partial charge in [0, 0.05) is 12.3 Å². The lowest BCUT2D eigenvalue weighted by Gasteiger charge is -2.01. The zero-order chi connectivity index (χ0) is 15.9. The standard InChI is InChI=1S/C15H11Cl2N3O2/c16-13-8-7-12(10-14(13)17)19-18-9-3-5-11-4-1-2-6-15(11)20(21)22/h1-10,19H. The van der Waals surface area contributed by atoms with Crippen molar-refractivity contribution in [1.29, 1.82) is 0 Å². The zero-order valence-corrected chi connectivity index (χ0v) is 12.8. The molecule has 112 valence electrons. The molecule has 1 N–H and O–H groups in total. The van der Waals surface area contributed by atoms with Crippen molar-refractivity contribution in [2.75, 3.05) is 5.43 Å². The molecule has 0 saturated heterocycles. The van der Waals surface area contributed by atoms with Gasteiger partial charge < -0.3 is 0 Å². The normalized spacial score (nSPS) is 11.2. The molecule has 0 atom stereocenters. The number of nitro benzene ring substituents is 1. The Kier molecular flexibility index (Phi) is 5.52. The molecular formula is C15H11Cl2N3O2. The van der Waals surface area contributed by atoms with Gasteiger partial charge in [-0.1, -0.05) is 35.3 Å². The number of anilines is 1. The minimum absolute atomic E-state index is 0.0459. The summed E-state index contributed by atoms with van der Waals surface area (Å²) in [6.07, 6.45) is 4.70. The summed E-state index contributed by atoms with van der Waals surface area (Å²) in [5.41, 5.74) is 4.02. The first-order chi connectivity index (χ1) is 10.6. The highest BCUT2D eigenvalue weighted by atomic mass is 35.5. The fourth-order valence-corrected chi connectivity index (χ4v) is 1.96. The molecule has 0 amide bonds. The molecule has 2 aromatic carbocycles. The summed E-state index contributed by atoms with van der Waals surface area (Å²) in [6, 6.07) is 11.5. The van der Waals surface area contributed by atoms with Crippen LogP contribution in [0.2, 0.25) is 10.0 Å². The zero-order valence-electron chi connectivity index (χ0n) is 11.2. The molecule has 0 unspecified atom stereocenters. The fraction of sp³-hybridized carbons (Fsp3) is 0. The lowest BCUT2D eigenvalue weighted by molar-refractivity contribution is -0.385. The maximum absolute atomic E-state index is 10.9. The molecule has 5 nitrogen and oxygen atoms in total. The van der Waals surface area contributed by atoms with Crippen molar-refractivity contribution < 1.29 is 4.92 Å². The van der Waals surface area contributed by atoms with Gasteiger partial charge in [-0.25, -0.2) is 0 Å². The highest BCUT2D eigenvalue weighted by Crippen LogP contribution is 2.24. The molecule has 0 fully saturated rings. The monoisotopic (exact) mass is 335 g/mol. The number of rotatable bonds is 5. The maximum Gasteiger partial charge on any atom is 0.276 e. The molecule has 0 aliphatic carbocycles. The predicted molar refractivity (Wildman–Crippen MR) is 90.7 cm³/mol. The third-order valence-corrected chi connectivity index (χ3v) is 3.42. The van der Waals surface area contributed by atoms with E-state index in [0.29, 0.717) is 21.3 Å². The first-order valence-electron chi connectivity index (χ1n) is 6.22. The van der Waals surface area contributed by atoms with Crippen molar-refractivity contribution in [1.82, 2.24) is 0 Å². The van der Waals surface area contributed by atoms with Crippen LogP contribution in [0.4, 0.5) is 11.4 Å². The fourth-order valence-electron chi connectivity index (χ4n) is 1.66. The molecule has 0 heterocycles. The molecule has 2 aromatic rings. The van der Waals surface area contributed by atoms with Crippen LogP contribution in [0.1, 0.15) is 5.56 Å². The highest BCUT2D eigenvalue weighted by molar-refractivity contribution is 6.42. The Labute approximate surface area is 137 Å². The van der Waals surface area contributed by atoms with E-state index in [4.69, 9.17) is 23.2 Å². The van der Waals surface area contributed by atoms with Gasteiger partial charge in [-0.3, -0.25) is 15.5 Å². The second kappa shape index (κ2) is 7.59. The summed E-state index contributed by atoms with van der Waals surface area (Å²) in [7, 11) is 0. The lowest BCUT2D eigenvalue weighted by atomic mass is 10.2. The van der Waals surface area contributed by atoms with Crippen LogP contribution < -0.4 is 5.43 Å². The van der Waals surface area contributed by atoms with Crippen molar-refractivity contribution in [2.45, 2.75) is 0 Å². The van der Waals surface area contributed by atoms with Gasteiger partial charge in [0.25, 0.3) is 5.69 Å². The number of hydrogen-bond donors (Lipinski definition) is 1. The van der Waals surface area contributed by atoms with Crippen LogP contribution in [0.5, 0.6) is 0 Å². The minimum atomic E-state index is -0.426. The van der Waals surface area contributed by atoms with Gasteiger partial charge in [0.1, 0.15) is 0 Å². The minimum Gasteiger partial charge on any atom is -0.278 e. The van der Waals surface area contributed by atoms with Crippen molar-refractivity contribution in [2.24, 2.45) is 5.10 Å². The van der Waals surface area contributed by atoms with E-state index in [9.17, 15) is 10.1 Å². The number of para-hydroxylation sites is 1. The lowest BCUT2D eigenvalue weighted by Crippen LogP contribution is -1.90. The molecule has 0 aliphatic heterocycles. The number of nitrogens with zero attached hydrogens (tertiary/aromatic N) is 2. The van der Waals surface area contributed by atoms with Gasteiger partial charge in [0.2, 0.25) is 0 Å². The summed E-state index contributed by atoms with van der Waals surface area (Å²) in [6.45, 7) is 0. The molecule has 2 rings (SSSR count). The average Bonchev–Trinajstić information content (AvgIpc) is 2.50. The second-order valence-corrected chi connectivity index (χ2v) is 5.01. The largest absolute Gasteiger partial charge is 0.278 e. The van der Waals surface area contributed by atoms with Crippen LogP contribution >= 0.6 is 23.2 Å². The highest BCUT2D eigenvalue weighted by Gasteiger charge is 2.08. The molecule has 0 spiro atoms. The first kappa shape index (κ1) is 16.0. The van der Waals surface area contributed by atoms with Gasteiger partial charge >= 0.3 is 0 Å². The molecule has 0 aromatic heterocycles. The Morgan fingerprint density at radius 3 is 2.64 bits per heavy atom. The van der Waals surface area contributed by atoms with Crippen LogP contribution in [-0.4, -0.2) is 11.1 Å².